The highest BCUT2D eigenvalue weighted by Crippen LogP contribution is 2.53. The second-order valence-electron chi connectivity index (χ2n) is 6.18. The number of aromatic nitrogens is 2. The highest BCUT2D eigenvalue weighted by atomic mass is 16.5. The van der Waals surface area contributed by atoms with Gasteiger partial charge in [-0.15, -0.1) is 13.2 Å². The summed E-state index contributed by atoms with van der Waals surface area (Å²) in [6.07, 6.45) is 7.98. The Morgan fingerprint density at radius 3 is 2.62 bits per heavy atom. The topological polar surface area (TPSA) is 41.1 Å². The minimum Gasteiger partial charge on any atom is -0.379 e. The molecule has 0 aliphatic carbocycles. The number of pyridine rings is 1. The van der Waals surface area contributed by atoms with E-state index in [4.69, 9.17) is 4.74 Å². The highest BCUT2D eigenvalue weighted by Gasteiger charge is 2.58. The Kier molecular flexibility index (Phi) is 2.54. The summed E-state index contributed by atoms with van der Waals surface area (Å²) in [6, 6.07) is 4.24. The molecule has 4 heterocycles. The number of aromatic amines is 1. The third kappa shape index (κ3) is 1.56. The Morgan fingerprint density at radius 2 is 1.95 bits per heavy atom. The average Bonchev–Trinajstić information content (AvgIpc) is 3.17. The maximum Gasteiger partial charge on any atom is 0.137 e. The van der Waals surface area contributed by atoms with Crippen LogP contribution >= 0.6 is 0 Å². The summed E-state index contributed by atoms with van der Waals surface area (Å²) >= 11 is 0. The van der Waals surface area contributed by atoms with E-state index in [0.717, 1.165) is 43.0 Å². The fourth-order valence-corrected chi connectivity index (χ4v) is 3.78. The molecule has 2 atom stereocenters. The fourth-order valence-electron chi connectivity index (χ4n) is 3.78. The van der Waals surface area contributed by atoms with E-state index >= 15 is 0 Å². The number of rotatable bonds is 3. The van der Waals surface area contributed by atoms with Crippen molar-refractivity contribution in [2.75, 3.05) is 31.2 Å². The van der Waals surface area contributed by atoms with E-state index in [0.29, 0.717) is 0 Å². The average molecular weight is 281 g/mol. The predicted octanol–water partition coefficient (Wildman–Crippen LogP) is 2.76. The molecule has 2 aliphatic heterocycles. The second kappa shape index (κ2) is 4.21. The number of hydrogen-bond acceptors (Lipinski definition) is 3. The number of nitrogens with zero attached hydrogens (tertiary/aromatic N) is 2. The van der Waals surface area contributed by atoms with E-state index in [1.165, 1.54) is 0 Å². The molecule has 4 heteroatoms. The molecule has 108 valence electrons. The molecule has 2 saturated heterocycles. The van der Waals surface area contributed by atoms with Crippen LogP contribution in [0.1, 0.15) is 0 Å². The quantitative estimate of drug-likeness (QED) is 0.880. The number of nitrogens with one attached hydrogen (secondary N) is 1. The van der Waals surface area contributed by atoms with Gasteiger partial charge in [0.2, 0.25) is 0 Å². The zero-order valence-corrected chi connectivity index (χ0v) is 12.0. The molecule has 2 aromatic heterocycles. The molecule has 0 aromatic carbocycles. The summed E-state index contributed by atoms with van der Waals surface area (Å²) in [4.78, 5) is 10.0. The second-order valence-corrected chi connectivity index (χ2v) is 6.18. The summed E-state index contributed by atoms with van der Waals surface area (Å²) in [5.41, 5.74) is 2.00. The molecular weight excluding hydrogens is 262 g/mol. The van der Waals surface area contributed by atoms with Crippen molar-refractivity contribution in [3.05, 3.63) is 49.8 Å². The number of fused-ring (bicyclic) bond motifs is 2. The zero-order chi connectivity index (χ0) is 14.5. The molecule has 2 unspecified atom stereocenters. The van der Waals surface area contributed by atoms with Crippen LogP contribution in [-0.4, -0.2) is 36.3 Å². The normalized spacial score (nSPS) is 31.5. The van der Waals surface area contributed by atoms with Gasteiger partial charge in [-0.2, -0.15) is 0 Å². The van der Waals surface area contributed by atoms with Crippen LogP contribution in [0.15, 0.2) is 49.8 Å². The molecule has 4 nitrogen and oxygen atoms in total. The summed E-state index contributed by atoms with van der Waals surface area (Å²) in [6.45, 7) is 11.4. The monoisotopic (exact) mass is 281 g/mol. The Labute approximate surface area is 124 Å². The van der Waals surface area contributed by atoms with Crippen molar-refractivity contribution in [2.45, 2.75) is 0 Å². The molecule has 0 saturated carbocycles. The van der Waals surface area contributed by atoms with Crippen LogP contribution in [0.5, 0.6) is 0 Å². The number of ether oxygens (including phenoxy) is 1. The van der Waals surface area contributed by atoms with Gasteiger partial charge in [0, 0.05) is 35.5 Å². The minimum absolute atomic E-state index is 0.0398. The van der Waals surface area contributed by atoms with Crippen LogP contribution in [-0.2, 0) is 4.74 Å². The van der Waals surface area contributed by atoms with Gasteiger partial charge in [0.1, 0.15) is 5.65 Å². The highest BCUT2D eigenvalue weighted by molar-refractivity contribution is 5.79. The van der Waals surface area contributed by atoms with Gasteiger partial charge >= 0.3 is 0 Å². The van der Waals surface area contributed by atoms with Crippen molar-refractivity contribution in [3.8, 4) is 0 Å². The van der Waals surface area contributed by atoms with Crippen LogP contribution in [0.2, 0.25) is 0 Å². The molecule has 2 fully saturated rings. The first kappa shape index (κ1) is 12.7. The van der Waals surface area contributed by atoms with Crippen molar-refractivity contribution in [1.29, 1.82) is 0 Å². The third-order valence-electron chi connectivity index (χ3n) is 5.19. The lowest BCUT2D eigenvalue weighted by atomic mass is 9.68. The van der Waals surface area contributed by atoms with Crippen LogP contribution < -0.4 is 4.90 Å². The molecule has 2 aromatic rings. The Balaban J connectivity index is 1.74. The largest absolute Gasteiger partial charge is 0.379 e. The van der Waals surface area contributed by atoms with Gasteiger partial charge in [0.05, 0.1) is 25.1 Å². The standard InChI is InChI=1S/C17H19N3O/c1-3-16-9-20(10-17(16,4-2)12-21-11-16)14-7-13-5-6-18-15(13)19-8-14/h3-8H,1-2,9-12H2,(H,18,19). The lowest BCUT2D eigenvalue weighted by Gasteiger charge is -2.31. The lowest BCUT2D eigenvalue weighted by Crippen LogP contribution is -2.36. The first-order valence-corrected chi connectivity index (χ1v) is 7.25. The van der Waals surface area contributed by atoms with Crippen LogP contribution in [0.4, 0.5) is 5.69 Å². The first-order chi connectivity index (χ1) is 10.2. The summed E-state index contributed by atoms with van der Waals surface area (Å²) in [5, 5.41) is 1.14. The SMILES string of the molecule is C=CC12COCC1(C=C)CN(c1cnc3[nH]ccc3c1)C2. The van der Waals surface area contributed by atoms with E-state index in [2.05, 4.69) is 52.3 Å². The number of hydrogen-bond donors (Lipinski definition) is 1. The van der Waals surface area contributed by atoms with E-state index in [1.54, 1.807) is 0 Å². The Bertz CT molecular complexity index is 698. The van der Waals surface area contributed by atoms with Gasteiger partial charge < -0.3 is 14.6 Å². The smallest absolute Gasteiger partial charge is 0.137 e. The van der Waals surface area contributed by atoms with Crippen molar-refractivity contribution >= 4 is 16.7 Å². The van der Waals surface area contributed by atoms with Gasteiger partial charge in [0.25, 0.3) is 0 Å². The van der Waals surface area contributed by atoms with Crippen molar-refractivity contribution in [3.63, 3.8) is 0 Å². The Morgan fingerprint density at radius 1 is 1.24 bits per heavy atom. The summed E-state index contributed by atoms with van der Waals surface area (Å²) < 4.78 is 5.75. The maximum absolute atomic E-state index is 5.75. The molecule has 0 bridgehead atoms. The number of anilines is 1. The molecule has 1 N–H and O–H groups in total. The van der Waals surface area contributed by atoms with Gasteiger partial charge in [0.15, 0.2) is 0 Å². The summed E-state index contributed by atoms with van der Waals surface area (Å²) in [7, 11) is 0. The zero-order valence-electron chi connectivity index (χ0n) is 12.0. The number of H-pyrrole nitrogens is 1. The van der Waals surface area contributed by atoms with Gasteiger partial charge in [-0.05, 0) is 12.1 Å². The molecule has 0 spiro atoms. The summed E-state index contributed by atoms with van der Waals surface area (Å²) in [5.74, 6) is 0. The molecule has 0 radical (unpaired) electrons. The molecule has 0 amide bonds. The van der Waals surface area contributed by atoms with E-state index < -0.39 is 0 Å². The van der Waals surface area contributed by atoms with Crippen molar-refractivity contribution in [1.82, 2.24) is 9.97 Å². The van der Waals surface area contributed by atoms with E-state index in [9.17, 15) is 0 Å². The molecule has 4 rings (SSSR count). The van der Waals surface area contributed by atoms with Crippen LogP contribution in [0, 0.1) is 10.8 Å². The predicted molar refractivity (Wildman–Crippen MR) is 84.4 cm³/mol. The molecular formula is C17H19N3O. The van der Waals surface area contributed by atoms with E-state index in [1.807, 2.05) is 12.4 Å². The van der Waals surface area contributed by atoms with Crippen LogP contribution in [0.25, 0.3) is 11.0 Å². The first-order valence-electron chi connectivity index (χ1n) is 7.25. The molecule has 2 aliphatic rings. The van der Waals surface area contributed by atoms with Crippen molar-refractivity contribution < 1.29 is 4.74 Å². The van der Waals surface area contributed by atoms with E-state index in [-0.39, 0.29) is 10.8 Å². The van der Waals surface area contributed by atoms with Crippen LogP contribution in [0.3, 0.4) is 0 Å². The maximum atomic E-state index is 5.75. The van der Waals surface area contributed by atoms with Gasteiger partial charge in [-0.1, -0.05) is 12.2 Å². The third-order valence-corrected chi connectivity index (χ3v) is 5.19. The van der Waals surface area contributed by atoms with Crippen molar-refractivity contribution in [2.24, 2.45) is 10.8 Å². The lowest BCUT2D eigenvalue weighted by molar-refractivity contribution is 0.164. The molecule has 21 heavy (non-hydrogen) atoms. The van der Waals surface area contributed by atoms with Gasteiger partial charge in [-0.3, -0.25) is 0 Å². The Hall–Kier alpha value is -2.07. The van der Waals surface area contributed by atoms with Gasteiger partial charge in [-0.25, -0.2) is 4.98 Å². The fraction of sp³-hybridized carbons (Fsp3) is 0.353. The minimum atomic E-state index is -0.0398.